The normalized spacial score (nSPS) is 12.6. The van der Waals surface area contributed by atoms with Gasteiger partial charge in [-0.15, -0.1) is 5.10 Å². The molecule has 0 saturated carbocycles. The van der Waals surface area contributed by atoms with E-state index in [0.29, 0.717) is 17.6 Å². The molecule has 3 aromatic rings. The summed E-state index contributed by atoms with van der Waals surface area (Å²) in [4.78, 5) is 11.5. The first-order chi connectivity index (χ1) is 12.4. The van der Waals surface area contributed by atoms with Crippen molar-refractivity contribution in [2.24, 2.45) is 0 Å². The number of fused-ring (bicyclic) bond motifs is 1. The van der Waals surface area contributed by atoms with Crippen LogP contribution in [0.15, 0.2) is 30.3 Å². The predicted molar refractivity (Wildman–Crippen MR) is 89.9 cm³/mol. The van der Waals surface area contributed by atoms with Crippen molar-refractivity contribution in [3.8, 4) is 11.1 Å². The Morgan fingerprint density at radius 1 is 1.19 bits per heavy atom. The Balaban J connectivity index is 2.21. The number of aromatic nitrogens is 3. The molecule has 0 radical (unpaired) electrons. The molecule has 0 fully saturated rings. The van der Waals surface area contributed by atoms with Gasteiger partial charge in [-0.2, -0.15) is 13.2 Å². The summed E-state index contributed by atoms with van der Waals surface area (Å²) in [6, 6.07) is 5.27. The summed E-state index contributed by atoms with van der Waals surface area (Å²) < 4.78 is 54.0. The van der Waals surface area contributed by atoms with E-state index in [1.54, 1.807) is 0 Å². The van der Waals surface area contributed by atoms with E-state index in [2.05, 4.69) is 10.3 Å². The van der Waals surface area contributed by atoms with Crippen molar-refractivity contribution in [2.45, 2.75) is 25.6 Å². The molecule has 142 valence electrons. The number of hydrogen-bond acceptors (Lipinski definition) is 3. The van der Waals surface area contributed by atoms with Crippen LogP contribution in [0.1, 0.15) is 19.4 Å². The summed E-state index contributed by atoms with van der Waals surface area (Å²) in [6.07, 6.45) is -4.74. The van der Waals surface area contributed by atoms with Gasteiger partial charge in [0.05, 0.1) is 16.1 Å². The maximum absolute atomic E-state index is 14.4. The number of alkyl halides is 3. The zero-order valence-corrected chi connectivity index (χ0v) is 14.7. The second kappa shape index (κ2) is 6.19. The lowest BCUT2D eigenvalue weighted by Gasteiger charge is -2.20. The molecule has 0 saturated heterocycles. The van der Waals surface area contributed by atoms with Crippen LogP contribution in [0.2, 0.25) is 5.02 Å². The minimum absolute atomic E-state index is 0.170. The minimum atomic E-state index is -4.74. The lowest BCUT2D eigenvalue weighted by Crippen LogP contribution is -2.36. The number of nitrogens with zero attached hydrogens (tertiary/aromatic N) is 3. The molecule has 0 aliphatic carbocycles. The topological polar surface area (TPSA) is 68.0 Å². The molecule has 0 spiro atoms. The number of benzene rings is 2. The highest BCUT2D eigenvalue weighted by atomic mass is 35.5. The number of carboxylic acid groups (broad SMARTS) is 1. The van der Waals surface area contributed by atoms with Crippen LogP contribution >= 0.6 is 11.6 Å². The fraction of sp³-hybridized carbons (Fsp3) is 0.235. The van der Waals surface area contributed by atoms with E-state index < -0.39 is 34.1 Å². The number of rotatable bonds is 3. The Bertz CT molecular complexity index is 1040. The largest absolute Gasteiger partial charge is 0.479 e. The fourth-order valence-corrected chi connectivity index (χ4v) is 2.91. The van der Waals surface area contributed by atoms with Crippen molar-refractivity contribution in [3.63, 3.8) is 0 Å². The van der Waals surface area contributed by atoms with Gasteiger partial charge in [-0.25, -0.2) is 13.9 Å². The molecule has 1 N–H and O–H groups in total. The van der Waals surface area contributed by atoms with Gasteiger partial charge in [-0.1, -0.05) is 22.9 Å². The first kappa shape index (κ1) is 19.1. The molecule has 1 heterocycles. The standard InChI is InChI=1S/C17H12ClF4N3O2/c1-16(2,15(26)27)25-13-5-8(3-4-12(13)23-24-25)14-10(18)6-9(7-11(14)19)17(20,21)22/h3-7H,1-2H3,(H,26,27). The van der Waals surface area contributed by atoms with Gasteiger partial charge in [0, 0.05) is 5.56 Å². The van der Waals surface area contributed by atoms with Gasteiger partial charge in [0.15, 0.2) is 5.54 Å². The molecular formula is C17H12ClF4N3O2. The van der Waals surface area contributed by atoms with Gasteiger partial charge in [-0.05, 0) is 43.7 Å². The molecule has 0 aliphatic heterocycles. The summed E-state index contributed by atoms with van der Waals surface area (Å²) in [6.45, 7) is 2.81. The van der Waals surface area contributed by atoms with Crippen molar-refractivity contribution in [3.05, 3.63) is 46.7 Å². The van der Waals surface area contributed by atoms with Crippen molar-refractivity contribution in [1.29, 1.82) is 0 Å². The summed E-state index contributed by atoms with van der Waals surface area (Å²) in [5.74, 6) is -2.32. The molecule has 5 nitrogen and oxygen atoms in total. The van der Waals surface area contributed by atoms with Crippen LogP contribution in [0.5, 0.6) is 0 Å². The van der Waals surface area contributed by atoms with Crippen LogP contribution in [-0.2, 0) is 16.5 Å². The minimum Gasteiger partial charge on any atom is -0.479 e. The highest BCUT2D eigenvalue weighted by Gasteiger charge is 2.34. The molecule has 0 atom stereocenters. The molecule has 2 aromatic carbocycles. The first-order valence-electron chi connectivity index (χ1n) is 7.59. The van der Waals surface area contributed by atoms with E-state index in [1.807, 2.05) is 0 Å². The molecule has 1 aromatic heterocycles. The number of halogens is 5. The van der Waals surface area contributed by atoms with Crippen LogP contribution in [-0.4, -0.2) is 26.1 Å². The van der Waals surface area contributed by atoms with Crippen molar-refractivity contribution < 1.29 is 27.5 Å². The Hall–Kier alpha value is -2.68. The second-order valence-corrected chi connectivity index (χ2v) is 6.79. The molecule has 27 heavy (non-hydrogen) atoms. The third kappa shape index (κ3) is 3.23. The van der Waals surface area contributed by atoms with Crippen LogP contribution in [0.4, 0.5) is 17.6 Å². The highest BCUT2D eigenvalue weighted by molar-refractivity contribution is 6.33. The Labute approximate surface area is 155 Å². The van der Waals surface area contributed by atoms with Crippen LogP contribution in [0.3, 0.4) is 0 Å². The van der Waals surface area contributed by atoms with Gasteiger partial charge in [0.25, 0.3) is 0 Å². The number of hydrogen-bond donors (Lipinski definition) is 1. The number of aliphatic carboxylic acids is 1. The molecular weight excluding hydrogens is 390 g/mol. The third-order valence-corrected chi connectivity index (χ3v) is 4.45. The van der Waals surface area contributed by atoms with E-state index in [1.165, 1.54) is 32.0 Å². The van der Waals surface area contributed by atoms with E-state index in [4.69, 9.17) is 11.6 Å². The van der Waals surface area contributed by atoms with Crippen LogP contribution in [0.25, 0.3) is 22.2 Å². The third-order valence-electron chi connectivity index (χ3n) is 4.16. The van der Waals surface area contributed by atoms with Crippen molar-refractivity contribution in [2.75, 3.05) is 0 Å². The van der Waals surface area contributed by atoms with Crippen LogP contribution < -0.4 is 0 Å². The summed E-state index contributed by atoms with van der Waals surface area (Å²) in [7, 11) is 0. The maximum Gasteiger partial charge on any atom is 0.416 e. The highest BCUT2D eigenvalue weighted by Crippen LogP contribution is 2.38. The van der Waals surface area contributed by atoms with E-state index in [0.717, 1.165) is 4.68 Å². The van der Waals surface area contributed by atoms with Crippen LogP contribution in [0, 0.1) is 5.82 Å². The second-order valence-electron chi connectivity index (χ2n) is 6.38. The lowest BCUT2D eigenvalue weighted by molar-refractivity contribution is -0.146. The first-order valence-corrected chi connectivity index (χ1v) is 7.96. The fourth-order valence-electron chi connectivity index (χ4n) is 2.59. The quantitative estimate of drug-likeness (QED) is 0.644. The van der Waals surface area contributed by atoms with Gasteiger partial charge < -0.3 is 5.11 Å². The van der Waals surface area contributed by atoms with E-state index in [-0.39, 0.29) is 16.6 Å². The smallest absolute Gasteiger partial charge is 0.416 e. The van der Waals surface area contributed by atoms with Gasteiger partial charge in [0.2, 0.25) is 0 Å². The molecule has 0 unspecified atom stereocenters. The predicted octanol–water partition coefficient (Wildman–Crippen LogP) is 4.73. The average Bonchev–Trinajstić information content (AvgIpc) is 2.97. The number of carboxylic acids is 1. The van der Waals surface area contributed by atoms with Gasteiger partial charge >= 0.3 is 12.1 Å². The molecule has 0 aliphatic rings. The average molecular weight is 402 g/mol. The van der Waals surface area contributed by atoms with E-state index in [9.17, 15) is 27.5 Å². The molecule has 10 heteroatoms. The summed E-state index contributed by atoms with van der Waals surface area (Å²) >= 11 is 5.91. The summed E-state index contributed by atoms with van der Waals surface area (Å²) in [5.41, 5.74) is -2.09. The monoisotopic (exact) mass is 401 g/mol. The van der Waals surface area contributed by atoms with Crippen molar-refractivity contribution >= 4 is 28.6 Å². The van der Waals surface area contributed by atoms with Gasteiger partial charge in [0.1, 0.15) is 11.3 Å². The maximum atomic E-state index is 14.4. The molecule has 0 bridgehead atoms. The Kier molecular flexibility index (Phi) is 4.38. The SMILES string of the molecule is CC(C)(C(=O)O)n1nnc2ccc(-c3c(F)cc(C(F)(F)F)cc3Cl)cc21. The Morgan fingerprint density at radius 2 is 1.85 bits per heavy atom. The molecule has 3 rings (SSSR count). The number of carbonyl (C=O) groups is 1. The van der Waals surface area contributed by atoms with Gasteiger partial charge in [-0.3, -0.25) is 0 Å². The molecule has 0 amide bonds. The van der Waals surface area contributed by atoms with E-state index >= 15 is 0 Å². The lowest BCUT2D eigenvalue weighted by atomic mass is 10.0. The van der Waals surface area contributed by atoms with Crippen molar-refractivity contribution in [1.82, 2.24) is 15.0 Å². The Morgan fingerprint density at radius 3 is 2.41 bits per heavy atom. The zero-order valence-electron chi connectivity index (χ0n) is 14.0. The summed E-state index contributed by atoms with van der Waals surface area (Å²) in [5, 5.41) is 16.7. The zero-order chi connectivity index (χ0) is 20.1.